The molecule has 49 heavy (non-hydrogen) atoms. The molecule has 0 saturated heterocycles. The van der Waals surface area contributed by atoms with Crippen LogP contribution in [0.25, 0.3) is 43.6 Å². The van der Waals surface area contributed by atoms with E-state index in [0.29, 0.717) is 0 Å². The zero-order chi connectivity index (χ0) is 32.8. The molecule has 0 aliphatic rings. The average Bonchev–Trinajstić information content (AvgIpc) is 3.14. The molecule has 8 aromatic rings. The van der Waals surface area contributed by atoms with Crippen molar-refractivity contribution in [3.63, 3.8) is 0 Å². The van der Waals surface area contributed by atoms with E-state index in [-0.39, 0.29) is 0 Å². The summed E-state index contributed by atoms with van der Waals surface area (Å²) in [6.07, 6.45) is 0.975. The van der Waals surface area contributed by atoms with Crippen LogP contribution in [0.1, 0.15) is 29.2 Å². The minimum absolute atomic E-state index is 0.748. The normalized spacial score (nSPS) is 11.8. The highest BCUT2D eigenvalue weighted by Gasteiger charge is 2.14. The maximum Gasteiger partial charge on any atom is 0.0705 e. The summed E-state index contributed by atoms with van der Waals surface area (Å²) in [6, 6.07) is 50.7. The number of aromatic nitrogens is 4. The fraction of sp³-hybridized carbons (Fsp3) is 0.163. The topological polar surface area (TPSA) is 58.0 Å². The van der Waals surface area contributed by atoms with Gasteiger partial charge in [0.1, 0.15) is 0 Å². The molecule has 0 N–H and O–H groups in total. The Morgan fingerprint density at radius 3 is 0.857 bits per heavy atom. The lowest BCUT2D eigenvalue weighted by molar-refractivity contribution is 0.203. The third kappa shape index (κ3) is 7.46. The Balaban J connectivity index is 1.03. The number of fused-ring (bicyclic) bond motifs is 4. The van der Waals surface area contributed by atoms with Crippen LogP contribution >= 0.6 is 0 Å². The molecule has 0 fully saturated rings. The summed E-state index contributed by atoms with van der Waals surface area (Å²) in [5.74, 6) is 0. The summed E-state index contributed by atoms with van der Waals surface area (Å²) in [7, 11) is 0. The SMILES string of the molecule is c1ccc2nc(CN(CCCN(Cc3ccc4ccccc4n3)Cc3ccc4ccccc4n3)Cc3ccc4ccccc4n3)ccc2c1. The van der Waals surface area contributed by atoms with Crippen LogP contribution in [-0.4, -0.2) is 42.8 Å². The van der Waals surface area contributed by atoms with Crippen molar-refractivity contribution in [3.05, 3.63) is 168 Å². The number of rotatable bonds is 12. The predicted molar refractivity (Wildman–Crippen MR) is 200 cm³/mol. The quantitative estimate of drug-likeness (QED) is 0.133. The average molecular weight is 639 g/mol. The van der Waals surface area contributed by atoms with Gasteiger partial charge in [-0.25, -0.2) is 0 Å². The maximum absolute atomic E-state index is 5.02. The van der Waals surface area contributed by atoms with Crippen LogP contribution in [-0.2, 0) is 26.2 Å². The Kier molecular flexibility index (Phi) is 8.96. The van der Waals surface area contributed by atoms with Crippen molar-refractivity contribution >= 4 is 43.6 Å². The summed E-state index contributed by atoms with van der Waals surface area (Å²) in [6.45, 7) is 4.79. The van der Waals surface area contributed by atoms with Crippen molar-refractivity contribution in [2.75, 3.05) is 13.1 Å². The smallest absolute Gasteiger partial charge is 0.0705 e. The lowest BCUT2D eigenvalue weighted by Crippen LogP contribution is -2.30. The van der Waals surface area contributed by atoms with Gasteiger partial charge in [-0.1, -0.05) is 97.1 Å². The first kappa shape index (κ1) is 30.8. The van der Waals surface area contributed by atoms with E-state index in [0.717, 1.165) is 112 Å². The van der Waals surface area contributed by atoms with Gasteiger partial charge in [0.05, 0.1) is 44.8 Å². The molecule has 0 unspecified atom stereocenters. The lowest BCUT2D eigenvalue weighted by atomic mass is 10.1. The summed E-state index contributed by atoms with van der Waals surface area (Å²) >= 11 is 0. The monoisotopic (exact) mass is 638 g/mol. The van der Waals surface area contributed by atoms with Gasteiger partial charge in [-0.05, 0) is 55.0 Å². The standard InChI is InChI=1S/C43H38N6/c1-5-14-40-32(10-1)18-22-36(44-40)28-48(29-37-23-19-33-11-2-6-15-41(33)45-37)26-9-27-49(30-38-24-20-34-12-3-7-16-42(34)46-38)31-39-25-21-35-13-4-8-17-43(35)47-39/h1-8,10-25H,9,26-31H2. The second-order valence-corrected chi connectivity index (χ2v) is 12.8. The molecule has 6 heteroatoms. The molecule has 0 amide bonds. The van der Waals surface area contributed by atoms with Crippen LogP contribution in [0.2, 0.25) is 0 Å². The molecule has 0 spiro atoms. The second-order valence-electron chi connectivity index (χ2n) is 12.8. The number of benzene rings is 4. The van der Waals surface area contributed by atoms with Crippen molar-refractivity contribution in [1.29, 1.82) is 0 Å². The number of hydrogen-bond donors (Lipinski definition) is 0. The van der Waals surface area contributed by atoms with Gasteiger partial charge in [0.25, 0.3) is 0 Å². The molecule has 6 nitrogen and oxygen atoms in total. The molecule has 4 aromatic carbocycles. The molecule has 8 rings (SSSR count). The van der Waals surface area contributed by atoms with Crippen molar-refractivity contribution in [3.8, 4) is 0 Å². The van der Waals surface area contributed by atoms with E-state index in [1.807, 2.05) is 0 Å². The predicted octanol–water partition coefficient (Wildman–Crippen LogP) is 8.97. The molecule has 0 bridgehead atoms. The molecule has 4 heterocycles. The third-order valence-corrected chi connectivity index (χ3v) is 9.12. The fourth-order valence-corrected chi connectivity index (χ4v) is 6.65. The van der Waals surface area contributed by atoms with E-state index in [9.17, 15) is 0 Å². The molecular formula is C43H38N6. The van der Waals surface area contributed by atoms with Gasteiger partial charge in [-0.2, -0.15) is 0 Å². The van der Waals surface area contributed by atoms with Crippen molar-refractivity contribution < 1.29 is 0 Å². The van der Waals surface area contributed by atoms with Gasteiger partial charge in [0.15, 0.2) is 0 Å². The van der Waals surface area contributed by atoms with Gasteiger partial charge in [0, 0.05) is 60.8 Å². The molecule has 4 aromatic heterocycles. The van der Waals surface area contributed by atoms with E-state index in [1.165, 1.54) is 0 Å². The number of pyridine rings is 4. The Morgan fingerprint density at radius 1 is 0.306 bits per heavy atom. The second kappa shape index (κ2) is 14.3. The van der Waals surface area contributed by atoms with Crippen molar-refractivity contribution in [2.24, 2.45) is 0 Å². The summed E-state index contributed by atoms with van der Waals surface area (Å²) < 4.78 is 0. The Morgan fingerprint density at radius 2 is 0.571 bits per heavy atom. The maximum atomic E-state index is 5.02. The largest absolute Gasteiger partial charge is 0.292 e. The molecule has 0 saturated carbocycles. The van der Waals surface area contributed by atoms with E-state index < -0.39 is 0 Å². The molecule has 0 atom stereocenters. The summed E-state index contributed by atoms with van der Waals surface area (Å²) in [4.78, 5) is 25.1. The first-order valence-electron chi connectivity index (χ1n) is 17.1. The van der Waals surface area contributed by atoms with Crippen molar-refractivity contribution in [2.45, 2.75) is 32.6 Å². The van der Waals surface area contributed by atoms with Gasteiger partial charge < -0.3 is 0 Å². The summed E-state index contributed by atoms with van der Waals surface area (Å²) in [5, 5.41) is 4.65. The van der Waals surface area contributed by atoms with Crippen LogP contribution < -0.4 is 0 Å². The van der Waals surface area contributed by atoms with Crippen LogP contribution in [0.4, 0.5) is 0 Å². The lowest BCUT2D eigenvalue weighted by Gasteiger charge is -2.26. The van der Waals surface area contributed by atoms with Crippen molar-refractivity contribution in [1.82, 2.24) is 29.7 Å². The molecular weight excluding hydrogens is 601 g/mol. The Hall–Kier alpha value is -5.56. The first-order valence-corrected chi connectivity index (χ1v) is 17.1. The third-order valence-electron chi connectivity index (χ3n) is 9.12. The molecule has 0 aliphatic heterocycles. The van der Waals surface area contributed by atoms with Gasteiger partial charge in [0.2, 0.25) is 0 Å². The summed E-state index contributed by atoms with van der Waals surface area (Å²) in [5.41, 5.74) is 8.38. The Labute approximate surface area is 286 Å². The van der Waals surface area contributed by atoms with E-state index in [1.54, 1.807) is 0 Å². The molecule has 0 aliphatic carbocycles. The Bertz CT molecular complexity index is 2040. The minimum atomic E-state index is 0.748. The van der Waals surface area contributed by atoms with Crippen LogP contribution in [0.3, 0.4) is 0 Å². The zero-order valence-electron chi connectivity index (χ0n) is 27.5. The number of para-hydroxylation sites is 4. The van der Waals surface area contributed by atoms with E-state index in [4.69, 9.17) is 19.9 Å². The van der Waals surface area contributed by atoms with E-state index in [2.05, 4.69) is 155 Å². The highest BCUT2D eigenvalue weighted by Crippen LogP contribution is 2.19. The van der Waals surface area contributed by atoms with Gasteiger partial charge in [-0.15, -0.1) is 0 Å². The zero-order valence-corrected chi connectivity index (χ0v) is 27.5. The van der Waals surface area contributed by atoms with Gasteiger partial charge in [-0.3, -0.25) is 29.7 Å². The fourth-order valence-electron chi connectivity index (χ4n) is 6.65. The van der Waals surface area contributed by atoms with E-state index >= 15 is 0 Å². The van der Waals surface area contributed by atoms with Crippen LogP contribution in [0.15, 0.2) is 146 Å². The highest BCUT2D eigenvalue weighted by atomic mass is 15.2. The number of hydrogen-bond acceptors (Lipinski definition) is 6. The number of nitrogens with zero attached hydrogens (tertiary/aromatic N) is 6. The van der Waals surface area contributed by atoms with Crippen LogP contribution in [0.5, 0.6) is 0 Å². The molecule has 240 valence electrons. The van der Waals surface area contributed by atoms with Crippen LogP contribution in [0, 0.1) is 0 Å². The first-order chi connectivity index (χ1) is 24.2. The van der Waals surface area contributed by atoms with Gasteiger partial charge >= 0.3 is 0 Å². The highest BCUT2D eigenvalue weighted by molar-refractivity contribution is 5.80. The molecule has 0 radical (unpaired) electrons. The minimum Gasteiger partial charge on any atom is -0.292 e.